The lowest BCUT2D eigenvalue weighted by atomic mass is 10.1. The van der Waals surface area contributed by atoms with Gasteiger partial charge in [0.2, 0.25) is 5.91 Å². The second-order valence-corrected chi connectivity index (χ2v) is 6.29. The van der Waals surface area contributed by atoms with Crippen molar-refractivity contribution in [2.75, 3.05) is 23.3 Å². The van der Waals surface area contributed by atoms with Crippen molar-refractivity contribution in [2.24, 2.45) is 0 Å². The van der Waals surface area contributed by atoms with Crippen LogP contribution in [-0.4, -0.2) is 19.0 Å². The maximum absolute atomic E-state index is 13.1. The monoisotopic (exact) mass is 368 g/mol. The summed E-state index contributed by atoms with van der Waals surface area (Å²) in [6.45, 7) is 1.26. The number of fused-ring (bicyclic) bond motifs is 1. The van der Waals surface area contributed by atoms with Crippen LogP contribution in [0.25, 0.3) is 0 Å². The van der Waals surface area contributed by atoms with Crippen LogP contribution in [0.15, 0.2) is 42.5 Å². The molecule has 1 heterocycles. The van der Waals surface area contributed by atoms with Crippen molar-refractivity contribution in [1.29, 1.82) is 0 Å². The zero-order chi connectivity index (χ0) is 18.0. The Morgan fingerprint density at radius 1 is 1.20 bits per heavy atom. The summed E-state index contributed by atoms with van der Waals surface area (Å²) < 4.78 is 39.2. The van der Waals surface area contributed by atoms with Crippen molar-refractivity contribution in [3.63, 3.8) is 0 Å². The van der Waals surface area contributed by atoms with Crippen LogP contribution < -0.4 is 10.2 Å². The van der Waals surface area contributed by atoms with Gasteiger partial charge in [-0.15, -0.1) is 0 Å². The van der Waals surface area contributed by atoms with E-state index in [9.17, 15) is 18.0 Å². The van der Waals surface area contributed by atoms with Gasteiger partial charge in [-0.3, -0.25) is 4.79 Å². The normalized spacial score (nSPS) is 13.7. The Bertz CT molecular complexity index is 792. The maximum Gasteiger partial charge on any atom is 0.418 e. The third kappa shape index (κ3) is 4.07. The smallest absolute Gasteiger partial charge is 0.370 e. The average Bonchev–Trinajstić information content (AvgIpc) is 2.97. The molecule has 0 saturated carbocycles. The summed E-state index contributed by atoms with van der Waals surface area (Å²) in [5.74, 6) is -0.461. The molecular formula is C18H16ClF3N2O. The Balaban J connectivity index is 1.64. The standard InChI is InChI=1S/C18H16ClF3N2O/c19-13-5-6-15(14(11-13)18(20,21)22)23-17(25)8-10-24-9-7-12-3-1-2-4-16(12)24/h1-6,11H,7-10H2,(H,23,25). The number of alkyl halides is 3. The summed E-state index contributed by atoms with van der Waals surface area (Å²) >= 11 is 5.64. The Hall–Kier alpha value is -2.21. The highest BCUT2D eigenvalue weighted by atomic mass is 35.5. The van der Waals surface area contributed by atoms with Crippen molar-refractivity contribution < 1.29 is 18.0 Å². The Kier molecular flexibility index (Phi) is 4.90. The molecule has 2 aromatic carbocycles. The number of carbonyl (C=O) groups is 1. The van der Waals surface area contributed by atoms with Crippen LogP contribution in [0.4, 0.5) is 24.5 Å². The summed E-state index contributed by atoms with van der Waals surface area (Å²) in [6, 6.07) is 11.2. The first-order chi connectivity index (χ1) is 11.8. The first-order valence-electron chi connectivity index (χ1n) is 7.84. The van der Waals surface area contributed by atoms with E-state index in [1.165, 1.54) is 17.7 Å². The zero-order valence-corrected chi connectivity index (χ0v) is 14.0. The minimum atomic E-state index is -4.58. The Morgan fingerprint density at radius 2 is 1.96 bits per heavy atom. The van der Waals surface area contributed by atoms with E-state index in [1.807, 2.05) is 24.3 Å². The predicted molar refractivity (Wildman–Crippen MR) is 92.1 cm³/mol. The molecule has 3 rings (SSSR count). The van der Waals surface area contributed by atoms with Gasteiger partial charge in [-0.1, -0.05) is 29.8 Å². The van der Waals surface area contributed by atoms with E-state index < -0.39 is 17.6 Å². The van der Waals surface area contributed by atoms with Crippen molar-refractivity contribution in [1.82, 2.24) is 0 Å². The molecule has 0 bridgehead atoms. The molecule has 7 heteroatoms. The van der Waals surface area contributed by atoms with Crippen molar-refractivity contribution in [3.05, 3.63) is 58.6 Å². The number of nitrogens with zero attached hydrogens (tertiary/aromatic N) is 1. The lowest BCUT2D eigenvalue weighted by molar-refractivity contribution is -0.137. The fourth-order valence-corrected chi connectivity index (χ4v) is 3.12. The summed E-state index contributed by atoms with van der Waals surface area (Å²) in [5.41, 5.74) is 1.08. The van der Waals surface area contributed by atoms with E-state index >= 15 is 0 Å². The molecule has 0 spiro atoms. The van der Waals surface area contributed by atoms with Crippen LogP contribution in [0, 0.1) is 0 Å². The summed E-state index contributed by atoms with van der Waals surface area (Å²) in [6.07, 6.45) is -3.57. The fraction of sp³-hybridized carbons (Fsp3) is 0.278. The quantitative estimate of drug-likeness (QED) is 0.844. The summed E-state index contributed by atoms with van der Waals surface area (Å²) in [5, 5.41) is 2.32. The number of rotatable bonds is 4. The van der Waals surface area contributed by atoms with Gasteiger partial charge >= 0.3 is 6.18 Å². The van der Waals surface area contributed by atoms with Crippen LogP contribution in [0.3, 0.4) is 0 Å². The molecule has 1 amide bonds. The van der Waals surface area contributed by atoms with Crippen molar-refractivity contribution in [3.8, 4) is 0 Å². The van der Waals surface area contributed by atoms with E-state index in [2.05, 4.69) is 10.2 Å². The number of hydrogen-bond donors (Lipinski definition) is 1. The molecule has 25 heavy (non-hydrogen) atoms. The van der Waals surface area contributed by atoms with Gasteiger partial charge in [-0.05, 0) is 36.2 Å². The van der Waals surface area contributed by atoms with Crippen LogP contribution in [0.5, 0.6) is 0 Å². The highest BCUT2D eigenvalue weighted by Crippen LogP contribution is 2.36. The number of para-hydroxylation sites is 1. The van der Waals surface area contributed by atoms with Crippen LogP contribution in [-0.2, 0) is 17.4 Å². The van der Waals surface area contributed by atoms with E-state index in [0.717, 1.165) is 24.7 Å². The lowest BCUT2D eigenvalue weighted by Crippen LogP contribution is -2.26. The molecule has 0 unspecified atom stereocenters. The minimum absolute atomic E-state index is 0.0287. The number of carbonyl (C=O) groups excluding carboxylic acids is 1. The maximum atomic E-state index is 13.1. The summed E-state index contributed by atoms with van der Waals surface area (Å²) in [7, 11) is 0. The number of anilines is 2. The number of hydrogen-bond acceptors (Lipinski definition) is 2. The molecule has 0 fully saturated rings. The van der Waals surface area contributed by atoms with Crippen LogP contribution >= 0.6 is 11.6 Å². The highest BCUT2D eigenvalue weighted by molar-refractivity contribution is 6.30. The van der Waals surface area contributed by atoms with Gasteiger partial charge in [-0.2, -0.15) is 13.2 Å². The molecule has 2 aromatic rings. The number of amides is 1. The number of halogens is 4. The molecule has 0 aromatic heterocycles. The third-order valence-electron chi connectivity index (χ3n) is 4.15. The Labute approximate surface area is 148 Å². The predicted octanol–water partition coefficient (Wildman–Crippen LogP) is 4.75. The lowest BCUT2D eigenvalue weighted by Gasteiger charge is -2.19. The van der Waals surface area contributed by atoms with E-state index in [4.69, 9.17) is 11.6 Å². The van der Waals surface area contributed by atoms with Crippen LogP contribution in [0.2, 0.25) is 5.02 Å². The second-order valence-electron chi connectivity index (χ2n) is 5.85. The molecule has 132 valence electrons. The van der Waals surface area contributed by atoms with Crippen molar-refractivity contribution >= 4 is 28.9 Å². The van der Waals surface area contributed by atoms with Gasteiger partial charge in [0.1, 0.15) is 0 Å². The van der Waals surface area contributed by atoms with E-state index in [-0.39, 0.29) is 17.1 Å². The molecule has 1 N–H and O–H groups in total. The van der Waals surface area contributed by atoms with Gasteiger partial charge in [0.05, 0.1) is 11.3 Å². The minimum Gasteiger partial charge on any atom is -0.370 e. The molecular weight excluding hydrogens is 353 g/mol. The molecule has 3 nitrogen and oxygen atoms in total. The van der Waals surface area contributed by atoms with Gasteiger partial charge in [-0.25, -0.2) is 0 Å². The largest absolute Gasteiger partial charge is 0.418 e. The van der Waals surface area contributed by atoms with Crippen molar-refractivity contribution in [2.45, 2.75) is 19.0 Å². The first-order valence-corrected chi connectivity index (χ1v) is 8.22. The van der Waals surface area contributed by atoms with Gasteiger partial charge < -0.3 is 10.2 Å². The second kappa shape index (κ2) is 6.96. The van der Waals surface area contributed by atoms with Crippen LogP contribution in [0.1, 0.15) is 17.5 Å². The summed E-state index contributed by atoms with van der Waals surface area (Å²) in [4.78, 5) is 14.2. The average molecular weight is 369 g/mol. The molecule has 1 aliphatic rings. The number of benzene rings is 2. The SMILES string of the molecule is O=C(CCN1CCc2ccccc21)Nc1ccc(Cl)cc1C(F)(F)F. The molecule has 0 saturated heterocycles. The molecule has 0 radical (unpaired) electrons. The fourth-order valence-electron chi connectivity index (χ4n) is 2.95. The highest BCUT2D eigenvalue weighted by Gasteiger charge is 2.34. The molecule has 0 aliphatic carbocycles. The molecule has 0 atom stereocenters. The zero-order valence-electron chi connectivity index (χ0n) is 13.2. The molecule has 1 aliphatic heterocycles. The van der Waals surface area contributed by atoms with Gasteiger partial charge in [0, 0.05) is 30.2 Å². The van der Waals surface area contributed by atoms with Gasteiger partial charge in [0.15, 0.2) is 0 Å². The third-order valence-corrected chi connectivity index (χ3v) is 4.39. The number of nitrogens with one attached hydrogen (secondary N) is 1. The Morgan fingerprint density at radius 3 is 2.72 bits per heavy atom. The van der Waals surface area contributed by atoms with E-state index in [1.54, 1.807) is 0 Å². The van der Waals surface area contributed by atoms with E-state index in [0.29, 0.717) is 6.54 Å². The topological polar surface area (TPSA) is 32.3 Å². The van der Waals surface area contributed by atoms with Gasteiger partial charge in [0.25, 0.3) is 0 Å². The first kappa shape index (κ1) is 17.6.